The van der Waals surface area contributed by atoms with Gasteiger partial charge >= 0.3 is 0 Å². The van der Waals surface area contributed by atoms with E-state index < -0.39 is 0 Å². The molecular formula is C24H23BrN2O3S. The summed E-state index contributed by atoms with van der Waals surface area (Å²) in [7, 11) is 0. The summed E-state index contributed by atoms with van der Waals surface area (Å²) < 4.78 is 12.3. The molecule has 0 heterocycles. The normalized spacial score (nSPS) is 10.3. The third kappa shape index (κ3) is 7.08. The molecule has 3 aromatic rings. The number of thiocarbonyl (C=S) groups is 1. The first kappa shape index (κ1) is 22.8. The number of amides is 1. The van der Waals surface area contributed by atoms with Gasteiger partial charge in [0.05, 0.1) is 12.2 Å². The molecule has 31 heavy (non-hydrogen) atoms. The Kier molecular flexibility index (Phi) is 8.44. The van der Waals surface area contributed by atoms with E-state index in [1.165, 1.54) is 0 Å². The van der Waals surface area contributed by atoms with Crippen LogP contribution in [0, 0.1) is 0 Å². The van der Waals surface area contributed by atoms with E-state index in [1.54, 1.807) is 12.1 Å². The number of carbonyl (C=O) groups excluding carboxylic acids is 1. The molecule has 7 heteroatoms. The van der Waals surface area contributed by atoms with Crippen LogP contribution < -0.4 is 20.1 Å². The smallest absolute Gasteiger partial charge is 0.261 e. The maximum Gasteiger partial charge on any atom is 0.261 e. The summed E-state index contributed by atoms with van der Waals surface area (Å²) in [6, 6.07) is 22.6. The SMILES string of the molecule is CCCOc1ccc(Br)cc1C(=O)NC(=S)Nc1cccc(OCc2ccccc2)c1. The minimum atomic E-state index is -0.346. The Labute approximate surface area is 195 Å². The maximum absolute atomic E-state index is 12.7. The summed E-state index contributed by atoms with van der Waals surface area (Å²) in [5.41, 5.74) is 2.21. The average Bonchev–Trinajstić information content (AvgIpc) is 2.77. The van der Waals surface area contributed by atoms with Gasteiger partial charge in [0.2, 0.25) is 0 Å². The van der Waals surface area contributed by atoms with E-state index in [0.29, 0.717) is 36.0 Å². The topological polar surface area (TPSA) is 59.6 Å². The molecule has 0 atom stereocenters. The van der Waals surface area contributed by atoms with Gasteiger partial charge in [0, 0.05) is 16.2 Å². The zero-order valence-electron chi connectivity index (χ0n) is 17.1. The monoisotopic (exact) mass is 498 g/mol. The zero-order chi connectivity index (χ0) is 22.1. The lowest BCUT2D eigenvalue weighted by Crippen LogP contribution is -2.34. The molecule has 0 fully saturated rings. The molecule has 3 aromatic carbocycles. The Morgan fingerprint density at radius 1 is 1.00 bits per heavy atom. The van der Waals surface area contributed by atoms with E-state index in [1.807, 2.05) is 67.6 Å². The van der Waals surface area contributed by atoms with Crippen molar-refractivity contribution in [2.45, 2.75) is 20.0 Å². The maximum atomic E-state index is 12.7. The van der Waals surface area contributed by atoms with Crippen LogP contribution in [-0.4, -0.2) is 17.6 Å². The molecule has 0 saturated carbocycles. The first-order valence-corrected chi connectivity index (χ1v) is 11.1. The summed E-state index contributed by atoms with van der Waals surface area (Å²) in [5.74, 6) is 0.869. The fourth-order valence-electron chi connectivity index (χ4n) is 2.75. The number of rotatable bonds is 8. The van der Waals surface area contributed by atoms with Crippen LogP contribution in [0.5, 0.6) is 11.5 Å². The number of carbonyl (C=O) groups is 1. The summed E-state index contributed by atoms with van der Waals surface area (Å²) >= 11 is 8.72. The molecular weight excluding hydrogens is 476 g/mol. The number of anilines is 1. The molecule has 5 nitrogen and oxygen atoms in total. The predicted octanol–water partition coefficient (Wildman–Crippen LogP) is 5.94. The second-order valence-electron chi connectivity index (χ2n) is 6.70. The van der Waals surface area contributed by atoms with Crippen LogP contribution in [0.2, 0.25) is 0 Å². The van der Waals surface area contributed by atoms with Crippen LogP contribution in [0.3, 0.4) is 0 Å². The Bertz CT molecular complexity index is 1040. The summed E-state index contributed by atoms with van der Waals surface area (Å²) in [6.07, 6.45) is 0.847. The molecule has 2 N–H and O–H groups in total. The lowest BCUT2D eigenvalue weighted by atomic mass is 10.2. The third-order valence-corrected chi connectivity index (χ3v) is 4.91. The molecule has 0 unspecified atom stereocenters. The van der Waals surface area contributed by atoms with Crippen molar-refractivity contribution in [3.05, 3.63) is 88.4 Å². The second kappa shape index (κ2) is 11.5. The lowest BCUT2D eigenvalue weighted by molar-refractivity contribution is 0.0973. The van der Waals surface area contributed by atoms with Crippen LogP contribution in [-0.2, 0) is 6.61 Å². The number of hydrogen-bond donors (Lipinski definition) is 2. The van der Waals surface area contributed by atoms with Crippen molar-refractivity contribution in [2.75, 3.05) is 11.9 Å². The highest BCUT2D eigenvalue weighted by atomic mass is 79.9. The minimum absolute atomic E-state index is 0.187. The molecule has 0 spiro atoms. The second-order valence-corrected chi connectivity index (χ2v) is 8.02. The van der Waals surface area contributed by atoms with Gasteiger partial charge < -0.3 is 14.8 Å². The van der Waals surface area contributed by atoms with E-state index in [2.05, 4.69) is 26.6 Å². The molecule has 0 aromatic heterocycles. The third-order valence-electron chi connectivity index (χ3n) is 4.22. The van der Waals surface area contributed by atoms with Gasteiger partial charge in [-0.3, -0.25) is 10.1 Å². The van der Waals surface area contributed by atoms with Crippen molar-refractivity contribution in [2.24, 2.45) is 0 Å². The molecule has 1 amide bonds. The summed E-state index contributed by atoms with van der Waals surface area (Å²) in [4.78, 5) is 12.7. The van der Waals surface area contributed by atoms with E-state index >= 15 is 0 Å². The van der Waals surface area contributed by atoms with Crippen LogP contribution in [0.25, 0.3) is 0 Å². The van der Waals surface area contributed by atoms with E-state index in [9.17, 15) is 4.79 Å². The van der Waals surface area contributed by atoms with E-state index in [-0.39, 0.29) is 11.0 Å². The van der Waals surface area contributed by atoms with Crippen molar-refractivity contribution < 1.29 is 14.3 Å². The minimum Gasteiger partial charge on any atom is -0.493 e. The van der Waals surface area contributed by atoms with E-state index in [0.717, 1.165) is 16.5 Å². The molecule has 0 aliphatic rings. The Balaban J connectivity index is 1.60. The quantitative estimate of drug-likeness (QED) is 0.376. The Hall–Kier alpha value is -2.90. The molecule has 0 radical (unpaired) electrons. The molecule has 0 aliphatic heterocycles. The van der Waals surface area contributed by atoms with Gasteiger partial charge in [-0.1, -0.05) is 59.3 Å². The van der Waals surface area contributed by atoms with Gasteiger partial charge in [0.1, 0.15) is 18.1 Å². The molecule has 160 valence electrons. The van der Waals surface area contributed by atoms with Gasteiger partial charge in [-0.05, 0) is 54.5 Å². The molecule has 3 rings (SSSR count). The fraction of sp³-hybridized carbons (Fsp3) is 0.167. The first-order valence-electron chi connectivity index (χ1n) is 9.86. The van der Waals surface area contributed by atoms with Crippen molar-refractivity contribution in [1.29, 1.82) is 0 Å². The number of ether oxygens (including phenoxy) is 2. The van der Waals surface area contributed by atoms with Crippen molar-refractivity contribution in [3.8, 4) is 11.5 Å². The predicted molar refractivity (Wildman–Crippen MR) is 131 cm³/mol. The van der Waals surface area contributed by atoms with Crippen LogP contribution in [0.4, 0.5) is 5.69 Å². The van der Waals surface area contributed by atoms with Crippen LogP contribution in [0.15, 0.2) is 77.3 Å². The van der Waals surface area contributed by atoms with Gasteiger partial charge in [-0.2, -0.15) is 0 Å². The van der Waals surface area contributed by atoms with Crippen molar-refractivity contribution in [3.63, 3.8) is 0 Å². The summed E-state index contributed by atoms with van der Waals surface area (Å²) in [5, 5.41) is 5.92. The highest BCUT2D eigenvalue weighted by Gasteiger charge is 2.15. The standard InChI is InChI=1S/C24H23BrN2O3S/c1-2-13-29-22-12-11-18(25)14-21(22)23(28)27-24(31)26-19-9-6-10-20(15-19)30-16-17-7-4-3-5-8-17/h3-12,14-15H,2,13,16H2,1H3,(H2,26,27,28,31). The van der Waals surface area contributed by atoms with Gasteiger partial charge in [0.15, 0.2) is 5.11 Å². The zero-order valence-corrected chi connectivity index (χ0v) is 19.5. The number of hydrogen-bond acceptors (Lipinski definition) is 4. The highest BCUT2D eigenvalue weighted by Crippen LogP contribution is 2.24. The number of benzene rings is 3. The average molecular weight is 499 g/mol. The lowest BCUT2D eigenvalue weighted by Gasteiger charge is -2.14. The van der Waals surface area contributed by atoms with Gasteiger partial charge in [-0.25, -0.2) is 0 Å². The Morgan fingerprint density at radius 2 is 1.81 bits per heavy atom. The van der Waals surface area contributed by atoms with Gasteiger partial charge in [-0.15, -0.1) is 0 Å². The number of nitrogens with one attached hydrogen (secondary N) is 2. The Morgan fingerprint density at radius 3 is 2.58 bits per heavy atom. The largest absolute Gasteiger partial charge is 0.493 e. The van der Waals surface area contributed by atoms with Crippen LogP contribution >= 0.6 is 28.1 Å². The van der Waals surface area contributed by atoms with Crippen molar-refractivity contribution >= 4 is 44.9 Å². The van der Waals surface area contributed by atoms with Crippen molar-refractivity contribution in [1.82, 2.24) is 5.32 Å². The molecule has 0 aliphatic carbocycles. The van der Waals surface area contributed by atoms with Gasteiger partial charge in [0.25, 0.3) is 5.91 Å². The summed E-state index contributed by atoms with van der Waals surface area (Å²) in [6.45, 7) is 3.00. The number of halogens is 1. The highest BCUT2D eigenvalue weighted by molar-refractivity contribution is 9.10. The molecule has 0 bridgehead atoms. The molecule has 0 saturated heterocycles. The first-order chi connectivity index (χ1) is 15.0. The fourth-order valence-corrected chi connectivity index (χ4v) is 3.33. The van der Waals surface area contributed by atoms with E-state index in [4.69, 9.17) is 21.7 Å². The van der Waals surface area contributed by atoms with Crippen LogP contribution in [0.1, 0.15) is 29.3 Å².